The molecule has 116 valence electrons. The van der Waals surface area contributed by atoms with E-state index in [4.69, 9.17) is 0 Å². The van der Waals surface area contributed by atoms with E-state index in [1.54, 1.807) is 12.1 Å². The summed E-state index contributed by atoms with van der Waals surface area (Å²) in [7, 11) is 0. The minimum Gasteiger partial charge on any atom is -0.435 e. The Bertz CT molecular complexity index is 482. The molecule has 2 N–H and O–H groups in total. The maximum atomic E-state index is 12.1. The van der Waals surface area contributed by atoms with Crippen molar-refractivity contribution in [3.63, 3.8) is 0 Å². The molecule has 2 atom stereocenters. The maximum Gasteiger partial charge on any atom is 0.387 e. The molecule has 1 fully saturated rings. The molecule has 0 heterocycles. The van der Waals surface area contributed by atoms with E-state index in [-0.39, 0.29) is 30.1 Å². The molecule has 1 aliphatic rings. The molecule has 2 unspecified atom stereocenters. The molecule has 0 saturated heterocycles. The summed E-state index contributed by atoms with van der Waals surface area (Å²) in [5.74, 6) is -0.0349. The Hall–Kier alpha value is -1.69. The van der Waals surface area contributed by atoms with E-state index in [0.29, 0.717) is 12.1 Å². The number of aliphatic hydroxyl groups excluding tert-OH is 1. The van der Waals surface area contributed by atoms with Crippen LogP contribution in [0.25, 0.3) is 0 Å². The maximum absolute atomic E-state index is 12.1. The second kappa shape index (κ2) is 7.36. The van der Waals surface area contributed by atoms with Gasteiger partial charge in [0.2, 0.25) is 5.91 Å². The van der Waals surface area contributed by atoms with Gasteiger partial charge in [-0.2, -0.15) is 8.78 Å². The van der Waals surface area contributed by atoms with E-state index >= 15 is 0 Å². The molecule has 0 spiro atoms. The molecule has 6 heteroatoms. The number of halogens is 2. The van der Waals surface area contributed by atoms with Crippen molar-refractivity contribution in [2.45, 2.75) is 38.4 Å². The van der Waals surface area contributed by atoms with Gasteiger partial charge < -0.3 is 15.2 Å². The van der Waals surface area contributed by atoms with Gasteiger partial charge in [0.05, 0.1) is 12.5 Å². The van der Waals surface area contributed by atoms with Crippen molar-refractivity contribution in [2.75, 3.05) is 6.54 Å². The third kappa shape index (κ3) is 4.97. The van der Waals surface area contributed by atoms with Crippen LogP contribution in [0.2, 0.25) is 0 Å². The van der Waals surface area contributed by atoms with Crippen LogP contribution in [-0.4, -0.2) is 30.3 Å². The highest BCUT2D eigenvalue weighted by molar-refractivity contribution is 5.78. The third-order valence-corrected chi connectivity index (χ3v) is 3.67. The highest BCUT2D eigenvalue weighted by atomic mass is 19.3. The molecule has 21 heavy (non-hydrogen) atoms. The van der Waals surface area contributed by atoms with Gasteiger partial charge >= 0.3 is 6.61 Å². The number of hydrogen-bond acceptors (Lipinski definition) is 3. The lowest BCUT2D eigenvalue weighted by Gasteiger charge is -2.15. The molecule has 1 saturated carbocycles. The number of hydrogen-bond donors (Lipinski definition) is 2. The normalized spacial score (nSPS) is 21.5. The number of carbonyl (C=O) groups is 1. The summed E-state index contributed by atoms with van der Waals surface area (Å²) in [4.78, 5) is 11.8. The van der Waals surface area contributed by atoms with Gasteiger partial charge in [0.25, 0.3) is 0 Å². The third-order valence-electron chi connectivity index (χ3n) is 3.67. The number of nitrogens with one attached hydrogen (secondary N) is 1. The topological polar surface area (TPSA) is 58.6 Å². The summed E-state index contributed by atoms with van der Waals surface area (Å²) in [6, 6.07) is 6.10. The smallest absolute Gasteiger partial charge is 0.387 e. The predicted octanol–water partition coefficient (Wildman–Crippen LogP) is 2.11. The van der Waals surface area contributed by atoms with E-state index in [0.717, 1.165) is 19.3 Å². The average molecular weight is 299 g/mol. The van der Waals surface area contributed by atoms with Crippen LogP contribution in [0, 0.1) is 5.92 Å². The summed E-state index contributed by atoms with van der Waals surface area (Å²) in [5, 5.41) is 12.4. The van der Waals surface area contributed by atoms with Crippen LogP contribution >= 0.6 is 0 Å². The zero-order valence-corrected chi connectivity index (χ0v) is 11.6. The number of ether oxygens (including phenoxy) is 1. The van der Waals surface area contributed by atoms with Gasteiger partial charge in [-0.15, -0.1) is 0 Å². The van der Waals surface area contributed by atoms with Gasteiger partial charge in [-0.3, -0.25) is 4.79 Å². The van der Waals surface area contributed by atoms with Gasteiger partial charge in [-0.05, 0) is 30.5 Å². The monoisotopic (exact) mass is 299 g/mol. The Morgan fingerprint density at radius 1 is 1.43 bits per heavy atom. The fourth-order valence-corrected chi connectivity index (χ4v) is 2.58. The van der Waals surface area contributed by atoms with Crippen molar-refractivity contribution in [1.82, 2.24) is 5.32 Å². The zero-order chi connectivity index (χ0) is 15.2. The molecular weight excluding hydrogens is 280 g/mol. The molecule has 2 rings (SSSR count). The van der Waals surface area contributed by atoms with E-state index in [1.807, 2.05) is 0 Å². The van der Waals surface area contributed by atoms with E-state index in [9.17, 15) is 18.7 Å². The molecule has 4 nitrogen and oxygen atoms in total. The van der Waals surface area contributed by atoms with Crippen molar-refractivity contribution < 1.29 is 23.4 Å². The van der Waals surface area contributed by atoms with Gasteiger partial charge in [0, 0.05) is 12.5 Å². The summed E-state index contributed by atoms with van der Waals surface area (Å²) >= 11 is 0. The molecule has 1 amide bonds. The summed E-state index contributed by atoms with van der Waals surface area (Å²) in [6.45, 7) is -2.43. The Morgan fingerprint density at radius 3 is 2.90 bits per heavy atom. The lowest BCUT2D eigenvalue weighted by atomic mass is 10.1. The first-order valence-electron chi connectivity index (χ1n) is 7.03. The second-order valence-electron chi connectivity index (χ2n) is 5.27. The Balaban J connectivity index is 1.81. The molecular formula is C15H19F2NO3. The van der Waals surface area contributed by atoms with Crippen molar-refractivity contribution in [2.24, 2.45) is 5.92 Å². The van der Waals surface area contributed by atoms with Crippen LogP contribution in [0.4, 0.5) is 8.78 Å². The van der Waals surface area contributed by atoms with E-state index in [2.05, 4.69) is 10.1 Å². The Kier molecular flexibility index (Phi) is 5.50. The van der Waals surface area contributed by atoms with Gasteiger partial charge in [-0.25, -0.2) is 0 Å². The number of rotatable bonds is 6. The average Bonchev–Trinajstić information content (AvgIpc) is 2.81. The van der Waals surface area contributed by atoms with E-state index < -0.39 is 6.61 Å². The number of benzene rings is 1. The fourth-order valence-electron chi connectivity index (χ4n) is 2.58. The van der Waals surface area contributed by atoms with Crippen LogP contribution in [0.15, 0.2) is 24.3 Å². The summed E-state index contributed by atoms with van der Waals surface area (Å²) in [5.41, 5.74) is 0.609. The fraction of sp³-hybridized carbons (Fsp3) is 0.533. The molecule has 0 aromatic heterocycles. The van der Waals surface area contributed by atoms with Crippen LogP contribution in [-0.2, 0) is 11.2 Å². The van der Waals surface area contributed by atoms with Gasteiger partial charge in [-0.1, -0.05) is 18.6 Å². The molecule has 0 bridgehead atoms. The largest absolute Gasteiger partial charge is 0.435 e. The first kappa shape index (κ1) is 15.7. The molecule has 0 radical (unpaired) electrons. The Morgan fingerprint density at radius 2 is 2.24 bits per heavy atom. The minimum absolute atomic E-state index is 0.0431. The van der Waals surface area contributed by atoms with E-state index in [1.165, 1.54) is 12.1 Å². The first-order valence-corrected chi connectivity index (χ1v) is 7.03. The number of aliphatic hydroxyl groups is 1. The van der Waals surface area contributed by atoms with Crippen molar-refractivity contribution in [3.8, 4) is 5.75 Å². The van der Waals surface area contributed by atoms with Crippen LogP contribution < -0.4 is 10.1 Å². The van der Waals surface area contributed by atoms with Crippen molar-refractivity contribution in [1.29, 1.82) is 0 Å². The molecule has 0 aliphatic heterocycles. The lowest BCUT2D eigenvalue weighted by molar-refractivity contribution is -0.120. The standard InChI is InChI=1S/C15H19F2NO3/c16-15(17)21-12-5-1-3-10(7-12)8-14(20)18-9-11-4-2-6-13(11)19/h1,3,5,7,11,13,15,19H,2,4,6,8-9H2,(H,18,20). The number of amides is 1. The lowest BCUT2D eigenvalue weighted by Crippen LogP contribution is -2.33. The molecule has 1 aliphatic carbocycles. The van der Waals surface area contributed by atoms with Gasteiger partial charge in [0.1, 0.15) is 5.75 Å². The Labute approximate surface area is 122 Å². The highest BCUT2D eigenvalue weighted by Gasteiger charge is 2.25. The van der Waals surface area contributed by atoms with Crippen molar-refractivity contribution in [3.05, 3.63) is 29.8 Å². The van der Waals surface area contributed by atoms with Crippen molar-refractivity contribution >= 4 is 5.91 Å². The molecule has 1 aromatic rings. The second-order valence-corrected chi connectivity index (χ2v) is 5.27. The minimum atomic E-state index is -2.88. The van der Waals surface area contributed by atoms with Crippen LogP contribution in [0.5, 0.6) is 5.75 Å². The quantitative estimate of drug-likeness (QED) is 0.846. The summed E-state index contributed by atoms with van der Waals surface area (Å²) in [6.07, 6.45) is 2.44. The number of alkyl halides is 2. The molecule has 1 aromatic carbocycles. The first-order chi connectivity index (χ1) is 10.0. The summed E-state index contributed by atoms with van der Waals surface area (Å²) < 4.78 is 28.5. The van der Waals surface area contributed by atoms with Gasteiger partial charge in [0.15, 0.2) is 0 Å². The zero-order valence-electron chi connectivity index (χ0n) is 11.6. The predicted molar refractivity (Wildman–Crippen MR) is 73.1 cm³/mol. The SMILES string of the molecule is O=C(Cc1cccc(OC(F)F)c1)NCC1CCCC1O. The number of carbonyl (C=O) groups excluding carboxylic acids is 1. The van der Waals surface area contributed by atoms with Crippen LogP contribution in [0.3, 0.4) is 0 Å². The van der Waals surface area contributed by atoms with Crippen LogP contribution in [0.1, 0.15) is 24.8 Å². The highest BCUT2D eigenvalue weighted by Crippen LogP contribution is 2.24.